The van der Waals surface area contributed by atoms with E-state index in [1.165, 1.54) is 0 Å². The number of rotatable bonds is 3. The molecule has 0 aliphatic heterocycles. The Balaban J connectivity index is 2.87. The van der Waals surface area contributed by atoms with Crippen LogP contribution in [0.2, 0.25) is 5.02 Å². The van der Waals surface area contributed by atoms with Crippen molar-refractivity contribution >= 4 is 11.6 Å². The predicted octanol–water partition coefficient (Wildman–Crippen LogP) is 2.06. The van der Waals surface area contributed by atoms with Crippen LogP contribution in [0.4, 0.5) is 0 Å². The van der Waals surface area contributed by atoms with Crippen molar-refractivity contribution in [1.29, 1.82) is 0 Å². The summed E-state index contributed by atoms with van der Waals surface area (Å²) in [6.07, 6.45) is -0.276. The van der Waals surface area contributed by atoms with E-state index in [0.717, 1.165) is 11.1 Å². The van der Waals surface area contributed by atoms with Crippen LogP contribution in [-0.2, 0) is 0 Å². The number of aliphatic hydroxyl groups is 2. The third kappa shape index (κ3) is 2.99. The molecule has 0 amide bonds. The molecule has 0 saturated heterocycles. The van der Waals surface area contributed by atoms with E-state index in [1.807, 2.05) is 19.1 Å². The van der Waals surface area contributed by atoms with E-state index < -0.39 is 6.10 Å². The van der Waals surface area contributed by atoms with E-state index in [4.69, 9.17) is 16.7 Å². The van der Waals surface area contributed by atoms with Gasteiger partial charge in [0.25, 0.3) is 0 Å². The molecular weight excluding hydrogens is 188 g/mol. The lowest BCUT2D eigenvalue weighted by Gasteiger charge is -2.10. The molecular formula is C10H13ClO2. The van der Waals surface area contributed by atoms with E-state index in [-0.39, 0.29) is 6.61 Å². The van der Waals surface area contributed by atoms with Gasteiger partial charge in [-0.2, -0.15) is 0 Å². The molecule has 1 rings (SSSR count). The van der Waals surface area contributed by atoms with Crippen molar-refractivity contribution in [3.8, 4) is 0 Å². The van der Waals surface area contributed by atoms with Gasteiger partial charge >= 0.3 is 0 Å². The summed E-state index contributed by atoms with van der Waals surface area (Å²) in [6.45, 7) is 1.90. The number of benzene rings is 1. The molecule has 2 nitrogen and oxygen atoms in total. The fourth-order valence-corrected chi connectivity index (χ4v) is 1.54. The summed E-state index contributed by atoms with van der Waals surface area (Å²) in [7, 11) is 0. The molecule has 0 fully saturated rings. The molecule has 0 aromatic heterocycles. The van der Waals surface area contributed by atoms with Gasteiger partial charge in [-0.25, -0.2) is 0 Å². The molecule has 0 saturated carbocycles. The zero-order valence-electron chi connectivity index (χ0n) is 7.50. The Hall–Kier alpha value is -0.570. The molecule has 1 unspecified atom stereocenters. The fraction of sp³-hybridized carbons (Fsp3) is 0.400. The Morgan fingerprint density at radius 2 is 2.08 bits per heavy atom. The van der Waals surface area contributed by atoms with Gasteiger partial charge in [0.05, 0.1) is 6.10 Å². The van der Waals surface area contributed by atoms with Crippen LogP contribution in [0.3, 0.4) is 0 Å². The maximum atomic E-state index is 9.55. The third-order valence-electron chi connectivity index (χ3n) is 1.85. The molecule has 0 heterocycles. The van der Waals surface area contributed by atoms with Crippen LogP contribution in [-0.4, -0.2) is 16.8 Å². The Morgan fingerprint density at radius 1 is 1.38 bits per heavy atom. The average Bonchev–Trinajstić information content (AvgIpc) is 2.03. The first kappa shape index (κ1) is 10.5. The molecule has 0 aliphatic rings. The van der Waals surface area contributed by atoms with Gasteiger partial charge in [-0.3, -0.25) is 0 Å². The molecule has 72 valence electrons. The van der Waals surface area contributed by atoms with Gasteiger partial charge in [-0.15, -0.1) is 0 Å². The van der Waals surface area contributed by atoms with Crippen LogP contribution >= 0.6 is 11.6 Å². The second kappa shape index (κ2) is 4.61. The Labute approximate surface area is 82.8 Å². The highest BCUT2D eigenvalue weighted by molar-refractivity contribution is 6.30. The van der Waals surface area contributed by atoms with Crippen LogP contribution in [0.1, 0.15) is 23.7 Å². The van der Waals surface area contributed by atoms with Crippen LogP contribution in [0.15, 0.2) is 18.2 Å². The van der Waals surface area contributed by atoms with Crippen LogP contribution in [0.25, 0.3) is 0 Å². The zero-order valence-corrected chi connectivity index (χ0v) is 8.25. The van der Waals surface area contributed by atoms with Gasteiger partial charge < -0.3 is 10.2 Å². The van der Waals surface area contributed by atoms with Crippen molar-refractivity contribution in [1.82, 2.24) is 0 Å². The minimum absolute atomic E-state index is 0.0211. The summed E-state index contributed by atoms with van der Waals surface area (Å²) in [5.41, 5.74) is 1.78. The van der Waals surface area contributed by atoms with Gasteiger partial charge in [0.15, 0.2) is 0 Å². The van der Waals surface area contributed by atoms with E-state index in [2.05, 4.69) is 0 Å². The first-order valence-electron chi connectivity index (χ1n) is 4.19. The normalized spacial score (nSPS) is 12.9. The highest BCUT2D eigenvalue weighted by Gasteiger charge is 2.07. The minimum Gasteiger partial charge on any atom is -0.396 e. The van der Waals surface area contributed by atoms with Crippen molar-refractivity contribution in [3.63, 3.8) is 0 Å². The van der Waals surface area contributed by atoms with Gasteiger partial charge in [-0.05, 0) is 30.2 Å². The van der Waals surface area contributed by atoms with E-state index >= 15 is 0 Å². The molecule has 2 N–H and O–H groups in total. The van der Waals surface area contributed by atoms with Crippen molar-refractivity contribution in [3.05, 3.63) is 34.3 Å². The van der Waals surface area contributed by atoms with Crippen molar-refractivity contribution < 1.29 is 10.2 Å². The molecule has 3 heteroatoms. The average molecular weight is 201 g/mol. The van der Waals surface area contributed by atoms with Crippen LogP contribution < -0.4 is 0 Å². The first-order chi connectivity index (χ1) is 6.13. The molecule has 0 spiro atoms. The van der Waals surface area contributed by atoms with Crippen LogP contribution in [0, 0.1) is 6.92 Å². The maximum absolute atomic E-state index is 9.55. The summed E-state index contributed by atoms with van der Waals surface area (Å²) in [4.78, 5) is 0. The van der Waals surface area contributed by atoms with Gasteiger partial charge in [0, 0.05) is 18.1 Å². The zero-order chi connectivity index (χ0) is 9.84. The second-order valence-electron chi connectivity index (χ2n) is 3.09. The molecule has 0 radical (unpaired) electrons. The smallest absolute Gasteiger partial charge is 0.0812 e. The number of aliphatic hydroxyl groups excluding tert-OH is 2. The Bertz CT molecular complexity index is 266. The Kier molecular flexibility index (Phi) is 3.72. The third-order valence-corrected chi connectivity index (χ3v) is 2.07. The fourth-order valence-electron chi connectivity index (χ4n) is 1.25. The SMILES string of the molecule is Cc1cc(Cl)cc(C(O)CCO)c1. The van der Waals surface area contributed by atoms with E-state index in [1.54, 1.807) is 6.07 Å². The highest BCUT2D eigenvalue weighted by atomic mass is 35.5. The highest BCUT2D eigenvalue weighted by Crippen LogP contribution is 2.21. The molecule has 1 aromatic carbocycles. The molecule has 0 aliphatic carbocycles. The lowest BCUT2D eigenvalue weighted by atomic mass is 10.0. The van der Waals surface area contributed by atoms with E-state index in [0.29, 0.717) is 11.4 Å². The minimum atomic E-state index is -0.623. The quantitative estimate of drug-likeness (QED) is 0.784. The molecule has 0 bridgehead atoms. The summed E-state index contributed by atoms with van der Waals surface area (Å²) in [5, 5.41) is 18.8. The lowest BCUT2D eigenvalue weighted by Crippen LogP contribution is -2.00. The summed E-state index contributed by atoms with van der Waals surface area (Å²) >= 11 is 5.82. The number of aryl methyl sites for hydroxylation is 1. The van der Waals surface area contributed by atoms with Crippen molar-refractivity contribution in [2.75, 3.05) is 6.61 Å². The van der Waals surface area contributed by atoms with Crippen molar-refractivity contribution in [2.24, 2.45) is 0 Å². The van der Waals surface area contributed by atoms with Gasteiger partial charge in [0.1, 0.15) is 0 Å². The predicted molar refractivity (Wildman–Crippen MR) is 52.9 cm³/mol. The number of hydrogen-bond acceptors (Lipinski definition) is 2. The van der Waals surface area contributed by atoms with Crippen LogP contribution in [0.5, 0.6) is 0 Å². The summed E-state index contributed by atoms with van der Waals surface area (Å²) in [5.74, 6) is 0. The second-order valence-corrected chi connectivity index (χ2v) is 3.53. The summed E-state index contributed by atoms with van der Waals surface area (Å²) in [6, 6.07) is 5.41. The number of halogens is 1. The summed E-state index contributed by atoms with van der Waals surface area (Å²) < 4.78 is 0. The van der Waals surface area contributed by atoms with Gasteiger partial charge in [0.2, 0.25) is 0 Å². The molecule has 1 atom stereocenters. The van der Waals surface area contributed by atoms with Crippen molar-refractivity contribution in [2.45, 2.75) is 19.4 Å². The topological polar surface area (TPSA) is 40.5 Å². The number of hydrogen-bond donors (Lipinski definition) is 2. The van der Waals surface area contributed by atoms with E-state index in [9.17, 15) is 5.11 Å². The lowest BCUT2D eigenvalue weighted by molar-refractivity contribution is 0.134. The Morgan fingerprint density at radius 3 is 2.62 bits per heavy atom. The molecule has 1 aromatic rings. The monoisotopic (exact) mass is 200 g/mol. The molecule has 13 heavy (non-hydrogen) atoms. The first-order valence-corrected chi connectivity index (χ1v) is 4.57. The largest absolute Gasteiger partial charge is 0.396 e. The maximum Gasteiger partial charge on any atom is 0.0812 e. The van der Waals surface area contributed by atoms with Gasteiger partial charge in [-0.1, -0.05) is 17.7 Å². The standard InChI is InChI=1S/C10H13ClO2/c1-7-4-8(6-9(11)5-7)10(13)2-3-12/h4-6,10,12-13H,2-3H2,1H3.